The summed E-state index contributed by atoms with van der Waals surface area (Å²) in [5.41, 5.74) is 1.05. The predicted molar refractivity (Wildman–Crippen MR) is 95.1 cm³/mol. The molecular formula is C17H17ClF3N5O2. The van der Waals surface area contributed by atoms with Crippen molar-refractivity contribution in [2.75, 3.05) is 24.5 Å². The van der Waals surface area contributed by atoms with Crippen LogP contribution in [-0.2, 0) is 9.59 Å². The van der Waals surface area contributed by atoms with Crippen molar-refractivity contribution < 1.29 is 22.8 Å². The van der Waals surface area contributed by atoms with Crippen LogP contribution in [-0.4, -0.2) is 57.3 Å². The van der Waals surface area contributed by atoms with E-state index in [2.05, 4.69) is 10.1 Å². The molecule has 0 bridgehead atoms. The van der Waals surface area contributed by atoms with Gasteiger partial charge in [0.2, 0.25) is 11.8 Å². The van der Waals surface area contributed by atoms with Crippen molar-refractivity contribution in [3.8, 4) is 5.69 Å². The van der Waals surface area contributed by atoms with Gasteiger partial charge in [-0.2, -0.15) is 18.3 Å². The minimum absolute atomic E-state index is 0.0430. The van der Waals surface area contributed by atoms with E-state index in [9.17, 15) is 22.8 Å². The quantitative estimate of drug-likeness (QED) is 0.752. The number of anilines is 1. The molecule has 28 heavy (non-hydrogen) atoms. The number of alkyl halides is 3. The van der Waals surface area contributed by atoms with Crippen molar-refractivity contribution >= 4 is 29.1 Å². The molecule has 11 heteroatoms. The number of likely N-dealkylation sites (tertiary alicyclic amines) is 1. The first-order chi connectivity index (χ1) is 13.2. The van der Waals surface area contributed by atoms with Gasteiger partial charge in [-0.3, -0.25) is 14.6 Å². The lowest BCUT2D eigenvalue weighted by Gasteiger charge is -2.40. The number of pyridine rings is 1. The topological polar surface area (TPSA) is 71.3 Å². The first-order valence-corrected chi connectivity index (χ1v) is 8.89. The summed E-state index contributed by atoms with van der Waals surface area (Å²) in [4.78, 5) is 30.8. The number of nitrogens with zero attached hydrogens (tertiary/aromatic N) is 5. The molecule has 0 unspecified atom stereocenters. The maximum atomic E-state index is 12.8. The number of halogens is 4. The number of carbonyl (C=O) groups is 2. The van der Waals surface area contributed by atoms with Crippen LogP contribution in [0.15, 0.2) is 30.7 Å². The van der Waals surface area contributed by atoms with E-state index in [1.54, 1.807) is 37.6 Å². The van der Waals surface area contributed by atoms with E-state index in [-0.39, 0.29) is 24.1 Å². The number of aromatic nitrogens is 3. The van der Waals surface area contributed by atoms with E-state index < -0.39 is 24.4 Å². The Kier molecular flexibility index (Phi) is 5.59. The molecule has 0 aliphatic carbocycles. The van der Waals surface area contributed by atoms with Crippen LogP contribution in [0.4, 0.5) is 18.9 Å². The highest BCUT2D eigenvalue weighted by molar-refractivity contribution is 6.32. The number of carbonyl (C=O) groups excluding carboxylic acids is 2. The maximum Gasteiger partial charge on any atom is 0.397 e. The van der Waals surface area contributed by atoms with E-state index in [4.69, 9.17) is 11.6 Å². The third kappa shape index (κ3) is 4.27. The minimum atomic E-state index is -4.56. The van der Waals surface area contributed by atoms with Crippen LogP contribution < -0.4 is 4.90 Å². The van der Waals surface area contributed by atoms with Crippen LogP contribution in [0, 0.1) is 5.92 Å². The second-order valence-corrected chi connectivity index (χ2v) is 6.69. The van der Waals surface area contributed by atoms with Crippen LogP contribution in [0.3, 0.4) is 0 Å². The monoisotopic (exact) mass is 415 g/mol. The minimum Gasteiger partial charge on any atom is -0.341 e. The first-order valence-electron chi connectivity index (χ1n) is 8.51. The molecule has 0 N–H and O–H groups in total. The average Bonchev–Trinajstić information content (AvgIpc) is 2.95. The lowest BCUT2D eigenvalue weighted by Crippen LogP contribution is -2.57. The fourth-order valence-electron chi connectivity index (χ4n) is 2.93. The van der Waals surface area contributed by atoms with E-state index in [0.717, 1.165) is 4.90 Å². The van der Waals surface area contributed by atoms with Gasteiger partial charge in [0.1, 0.15) is 12.1 Å². The van der Waals surface area contributed by atoms with Crippen molar-refractivity contribution in [3.63, 3.8) is 0 Å². The van der Waals surface area contributed by atoms with Gasteiger partial charge < -0.3 is 9.80 Å². The molecule has 3 rings (SSSR count). The molecule has 3 heterocycles. The molecule has 0 saturated carbocycles. The zero-order valence-corrected chi connectivity index (χ0v) is 15.6. The van der Waals surface area contributed by atoms with Crippen molar-refractivity contribution in [2.45, 2.75) is 19.5 Å². The smallest absolute Gasteiger partial charge is 0.341 e. The summed E-state index contributed by atoms with van der Waals surface area (Å²) in [5.74, 6) is -1.91. The molecule has 7 nitrogen and oxygen atoms in total. The SMILES string of the molecule is CCN(C(=O)C1CN(C(=O)CC(F)(F)F)C1)c1cn(-c2cccnc2)nc1Cl. The highest BCUT2D eigenvalue weighted by atomic mass is 35.5. The normalized spacial score (nSPS) is 14.7. The third-order valence-electron chi connectivity index (χ3n) is 4.37. The molecule has 1 saturated heterocycles. The molecule has 1 fully saturated rings. The maximum absolute atomic E-state index is 12.8. The van der Waals surface area contributed by atoms with Gasteiger partial charge in [-0.25, -0.2) is 4.68 Å². The molecule has 2 amide bonds. The Balaban J connectivity index is 1.69. The Morgan fingerprint density at radius 2 is 2.07 bits per heavy atom. The molecule has 0 aromatic carbocycles. The standard InChI is InChI=1S/C17H17ClF3N5O2/c1-2-25(13-10-26(23-15(13)18)12-4-3-5-22-7-12)16(28)11-8-24(9-11)14(27)6-17(19,20)21/h3-5,7,10-11H,2,6,8-9H2,1H3. The Labute approximate surface area is 163 Å². The molecule has 0 spiro atoms. The summed E-state index contributed by atoms with van der Waals surface area (Å²) in [6.45, 7) is 1.96. The largest absolute Gasteiger partial charge is 0.397 e. The van der Waals surface area contributed by atoms with Crippen molar-refractivity contribution in [1.29, 1.82) is 0 Å². The van der Waals surface area contributed by atoms with Crippen molar-refractivity contribution in [1.82, 2.24) is 19.7 Å². The molecule has 0 atom stereocenters. The molecule has 1 aliphatic heterocycles. The first kappa shape index (κ1) is 20.1. The molecule has 2 aromatic heterocycles. The highest BCUT2D eigenvalue weighted by Crippen LogP contribution is 2.30. The number of hydrogen-bond donors (Lipinski definition) is 0. The molecule has 2 aromatic rings. The average molecular weight is 416 g/mol. The fourth-order valence-corrected chi connectivity index (χ4v) is 3.17. The summed E-state index contributed by atoms with van der Waals surface area (Å²) < 4.78 is 38.5. The van der Waals surface area contributed by atoms with Gasteiger partial charge in [-0.05, 0) is 19.1 Å². The Morgan fingerprint density at radius 1 is 1.36 bits per heavy atom. The van der Waals surface area contributed by atoms with Gasteiger partial charge in [-0.15, -0.1) is 0 Å². The van der Waals surface area contributed by atoms with Gasteiger partial charge in [0, 0.05) is 25.8 Å². The summed E-state index contributed by atoms with van der Waals surface area (Å²) in [6, 6.07) is 3.50. The van der Waals surface area contributed by atoms with Crippen LogP contribution >= 0.6 is 11.6 Å². The molecular weight excluding hydrogens is 399 g/mol. The van der Waals surface area contributed by atoms with Gasteiger partial charge in [0.25, 0.3) is 0 Å². The van der Waals surface area contributed by atoms with Gasteiger partial charge >= 0.3 is 6.18 Å². The Hall–Kier alpha value is -2.62. The van der Waals surface area contributed by atoms with E-state index in [1.807, 2.05) is 0 Å². The lowest BCUT2D eigenvalue weighted by molar-refractivity contribution is -0.166. The van der Waals surface area contributed by atoms with Crippen molar-refractivity contribution in [2.24, 2.45) is 5.92 Å². The fraction of sp³-hybridized carbons (Fsp3) is 0.412. The molecule has 150 valence electrons. The van der Waals surface area contributed by atoms with E-state index >= 15 is 0 Å². The van der Waals surface area contributed by atoms with Crippen molar-refractivity contribution in [3.05, 3.63) is 35.9 Å². The molecule has 1 aliphatic rings. The molecule has 0 radical (unpaired) electrons. The second-order valence-electron chi connectivity index (χ2n) is 6.33. The Morgan fingerprint density at radius 3 is 2.64 bits per heavy atom. The van der Waals surface area contributed by atoms with Crippen LogP contribution in [0.5, 0.6) is 0 Å². The lowest BCUT2D eigenvalue weighted by atomic mass is 9.97. The Bertz CT molecular complexity index is 865. The predicted octanol–water partition coefficient (Wildman–Crippen LogP) is 2.68. The van der Waals surface area contributed by atoms with Crippen LogP contribution in [0.1, 0.15) is 13.3 Å². The van der Waals surface area contributed by atoms with E-state index in [1.165, 1.54) is 9.58 Å². The summed E-state index contributed by atoms with van der Waals surface area (Å²) in [5, 5.41) is 4.29. The van der Waals surface area contributed by atoms with Gasteiger partial charge in [0.15, 0.2) is 5.15 Å². The summed E-state index contributed by atoms with van der Waals surface area (Å²) in [6.07, 6.45) is -1.29. The third-order valence-corrected chi connectivity index (χ3v) is 4.64. The zero-order chi connectivity index (χ0) is 20.5. The number of amides is 2. The van der Waals surface area contributed by atoms with Gasteiger partial charge in [0.05, 0.1) is 24.0 Å². The van der Waals surface area contributed by atoms with E-state index in [0.29, 0.717) is 17.9 Å². The van der Waals surface area contributed by atoms with Gasteiger partial charge in [-0.1, -0.05) is 11.6 Å². The van der Waals surface area contributed by atoms with Crippen LogP contribution in [0.2, 0.25) is 5.15 Å². The number of rotatable bonds is 5. The number of hydrogen-bond acceptors (Lipinski definition) is 4. The van der Waals surface area contributed by atoms with Crippen LogP contribution in [0.25, 0.3) is 5.69 Å². The zero-order valence-electron chi connectivity index (χ0n) is 14.9. The second kappa shape index (κ2) is 7.78. The summed E-state index contributed by atoms with van der Waals surface area (Å²) >= 11 is 6.19. The highest BCUT2D eigenvalue weighted by Gasteiger charge is 2.42. The summed E-state index contributed by atoms with van der Waals surface area (Å²) in [7, 11) is 0.